The maximum atomic E-state index is 10.4. The standard InChI is InChI=1S/C10H12O4/c11-9(12)5-7-1-2-8(4-3-7)6-10(13)14/h1,4H,2-3,5-6H2,(H,11,12)(H,13,14). The van der Waals surface area contributed by atoms with Crippen LogP contribution in [0.5, 0.6) is 0 Å². The fourth-order valence-electron chi connectivity index (χ4n) is 1.39. The van der Waals surface area contributed by atoms with E-state index in [4.69, 9.17) is 10.2 Å². The lowest BCUT2D eigenvalue weighted by Crippen LogP contribution is -2.03. The first-order valence-electron chi connectivity index (χ1n) is 4.37. The Balaban J connectivity index is 2.44. The predicted octanol–water partition coefficient (Wildman–Crippen LogP) is 1.58. The van der Waals surface area contributed by atoms with Crippen LogP contribution in [0.1, 0.15) is 25.7 Å². The van der Waals surface area contributed by atoms with Crippen molar-refractivity contribution >= 4 is 11.9 Å². The molecule has 1 aliphatic rings. The molecule has 0 bridgehead atoms. The van der Waals surface area contributed by atoms with Crippen LogP contribution in [-0.2, 0) is 9.59 Å². The molecule has 0 spiro atoms. The van der Waals surface area contributed by atoms with E-state index >= 15 is 0 Å². The molecule has 2 N–H and O–H groups in total. The smallest absolute Gasteiger partial charge is 0.307 e. The second kappa shape index (κ2) is 4.60. The number of allylic oxidation sites excluding steroid dienone is 2. The Morgan fingerprint density at radius 1 is 1.00 bits per heavy atom. The number of rotatable bonds is 4. The lowest BCUT2D eigenvalue weighted by molar-refractivity contribution is -0.137. The van der Waals surface area contributed by atoms with Crippen molar-refractivity contribution < 1.29 is 19.8 Å². The van der Waals surface area contributed by atoms with E-state index in [1.807, 2.05) is 12.2 Å². The number of carbonyl (C=O) groups is 2. The van der Waals surface area contributed by atoms with Gasteiger partial charge in [0.05, 0.1) is 12.8 Å². The third-order valence-corrected chi connectivity index (χ3v) is 2.06. The van der Waals surface area contributed by atoms with Gasteiger partial charge in [-0.15, -0.1) is 0 Å². The molecule has 1 rings (SSSR count). The molecular formula is C10H12O4. The van der Waals surface area contributed by atoms with Crippen LogP contribution in [0.4, 0.5) is 0 Å². The summed E-state index contributed by atoms with van der Waals surface area (Å²) < 4.78 is 0. The van der Waals surface area contributed by atoms with Gasteiger partial charge in [0.15, 0.2) is 0 Å². The van der Waals surface area contributed by atoms with Crippen molar-refractivity contribution in [2.24, 2.45) is 0 Å². The van der Waals surface area contributed by atoms with Gasteiger partial charge in [0, 0.05) is 0 Å². The predicted molar refractivity (Wildman–Crippen MR) is 49.9 cm³/mol. The molecule has 14 heavy (non-hydrogen) atoms. The molecule has 0 aromatic heterocycles. The van der Waals surface area contributed by atoms with E-state index in [0.717, 1.165) is 11.1 Å². The van der Waals surface area contributed by atoms with Crippen LogP contribution in [0.15, 0.2) is 23.3 Å². The van der Waals surface area contributed by atoms with Crippen molar-refractivity contribution in [2.75, 3.05) is 0 Å². The van der Waals surface area contributed by atoms with E-state index in [9.17, 15) is 9.59 Å². The average molecular weight is 196 g/mol. The molecule has 0 amide bonds. The van der Waals surface area contributed by atoms with E-state index in [2.05, 4.69) is 0 Å². The van der Waals surface area contributed by atoms with Gasteiger partial charge in [-0.2, -0.15) is 0 Å². The molecular weight excluding hydrogens is 184 g/mol. The summed E-state index contributed by atoms with van der Waals surface area (Å²) in [5, 5.41) is 17.0. The molecule has 76 valence electrons. The van der Waals surface area contributed by atoms with Crippen molar-refractivity contribution in [3.8, 4) is 0 Å². The third kappa shape index (κ3) is 3.43. The monoisotopic (exact) mass is 196 g/mol. The van der Waals surface area contributed by atoms with E-state index in [1.165, 1.54) is 0 Å². The highest BCUT2D eigenvalue weighted by atomic mass is 16.4. The van der Waals surface area contributed by atoms with Crippen LogP contribution in [0, 0.1) is 0 Å². The van der Waals surface area contributed by atoms with Crippen LogP contribution in [0.3, 0.4) is 0 Å². The normalized spacial score (nSPS) is 15.7. The first-order valence-corrected chi connectivity index (χ1v) is 4.37. The summed E-state index contributed by atoms with van der Waals surface area (Å²) in [6, 6.07) is 0. The van der Waals surface area contributed by atoms with E-state index in [1.54, 1.807) is 0 Å². The van der Waals surface area contributed by atoms with Gasteiger partial charge in [0.1, 0.15) is 0 Å². The number of hydrogen-bond donors (Lipinski definition) is 2. The number of aliphatic carboxylic acids is 2. The molecule has 0 atom stereocenters. The van der Waals surface area contributed by atoms with Crippen LogP contribution in [0.25, 0.3) is 0 Å². The van der Waals surface area contributed by atoms with Crippen LogP contribution < -0.4 is 0 Å². The summed E-state index contributed by atoms with van der Waals surface area (Å²) in [6.07, 6.45) is 4.86. The van der Waals surface area contributed by atoms with Gasteiger partial charge in [-0.25, -0.2) is 0 Å². The molecule has 0 heterocycles. The van der Waals surface area contributed by atoms with Crippen LogP contribution in [-0.4, -0.2) is 22.2 Å². The fourth-order valence-corrected chi connectivity index (χ4v) is 1.39. The van der Waals surface area contributed by atoms with E-state index in [-0.39, 0.29) is 12.8 Å². The summed E-state index contributed by atoms with van der Waals surface area (Å²) >= 11 is 0. The zero-order chi connectivity index (χ0) is 10.6. The Morgan fingerprint density at radius 2 is 1.36 bits per heavy atom. The molecule has 4 nitrogen and oxygen atoms in total. The Kier molecular flexibility index (Phi) is 3.45. The number of carboxylic acid groups (broad SMARTS) is 2. The molecule has 0 aliphatic heterocycles. The minimum atomic E-state index is -0.841. The zero-order valence-electron chi connectivity index (χ0n) is 7.69. The van der Waals surface area contributed by atoms with Crippen molar-refractivity contribution in [3.05, 3.63) is 23.3 Å². The van der Waals surface area contributed by atoms with Gasteiger partial charge in [-0.05, 0) is 12.8 Å². The average Bonchev–Trinajstić information content (AvgIpc) is 2.06. The molecule has 0 unspecified atom stereocenters. The Hall–Kier alpha value is -1.58. The van der Waals surface area contributed by atoms with Gasteiger partial charge in [-0.3, -0.25) is 9.59 Å². The quantitative estimate of drug-likeness (QED) is 0.669. The molecule has 0 aromatic carbocycles. The molecule has 0 aromatic rings. The summed E-state index contributed by atoms with van der Waals surface area (Å²) in [7, 11) is 0. The van der Waals surface area contributed by atoms with Crippen molar-refractivity contribution in [1.82, 2.24) is 0 Å². The Labute approximate surface area is 81.6 Å². The molecule has 4 heteroatoms. The Bertz CT molecular complexity index is 280. The van der Waals surface area contributed by atoms with Gasteiger partial charge in [-0.1, -0.05) is 23.3 Å². The van der Waals surface area contributed by atoms with Crippen LogP contribution in [0.2, 0.25) is 0 Å². The van der Waals surface area contributed by atoms with Crippen molar-refractivity contribution in [2.45, 2.75) is 25.7 Å². The molecule has 0 saturated heterocycles. The molecule has 0 radical (unpaired) electrons. The fraction of sp³-hybridized carbons (Fsp3) is 0.400. The van der Waals surface area contributed by atoms with Gasteiger partial charge < -0.3 is 10.2 Å². The first kappa shape index (κ1) is 10.5. The maximum absolute atomic E-state index is 10.4. The van der Waals surface area contributed by atoms with Gasteiger partial charge in [0.2, 0.25) is 0 Å². The third-order valence-electron chi connectivity index (χ3n) is 2.06. The second-order valence-corrected chi connectivity index (χ2v) is 3.27. The topological polar surface area (TPSA) is 74.6 Å². The van der Waals surface area contributed by atoms with E-state index < -0.39 is 11.9 Å². The SMILES string of the molecule is O=C(O)CC1=CCC(CC(=O)O)=CC1. The highest BCUT2D eigenvalue weighted by Crippen LogP contribution is 2.21. The number of carboxylic acids is 2. The zero-order valence-corrected chi connectivity index (χ0v) is 7.69. The van der Waals surface area contributed by atoms with Crippen molar-refractivity contribution in [1.29, 1.82) is 0 Å². The van der Waals surface area contributed by atoms with Gasteiger partial charge in [0.25, 0.3) is 0 Å². The second-order valence-electron chi connectivity index (χ2n) is 3.27. The van der Waals surface area contributed by atoms with Crippen molar-refractivity contribution in [3.63, 3.8) is 0 Å². The molecule has 0 fully saturated rings. The molecule has 0 saturated carbocycles. The van der Waals surface area contributed by atoms with Crippen LogP contribution >= 0.6 is 0 Å². The van der Waals surface area contributed by atoms with Gasteiger partial charge >= 0.3 is 11.9 Å². The first-order chi connectivity index (χ1) is 6.58. The summed E-state index contributed by atoms with van der Waals surface area (Å²) in [5.74, 6) is -1.68. The summed E-state index contributed by atoms with van der Waals surface area (Å²) in [6.45, 7) is 0. The highest BCUT2D eigenvalue weighted by Gasteiger charge is 2.10. The van der Waals surface area contributed by atoms with E-state index in [0.29, 0.717) is 12.8 Å². The summed E-state index contributed by atoms with van der Waals surface area (Å²) in [5.41, 5.74) is 1.71. The minimum Gasteiger partial charge on any atom is -0.481 e. The lowest BCUT2D eigenvalue weighted by Gasteiger charge is -2.10. The largest absolute Gasteiger partial charge is 0.481 e. The Morgan fingerprint density at radius 3 is 1.57 bits per heavy atom. The summed E-state index contributed by atoms with van der Waals surface area (Å²) in [4.78, 5) is 20.7. The minimum absolute atomic E-state index is 0.0524. The highest BCUT2D eigenvalue weighted by molar-refractivity contribution is 5.71. The maximum Gasteiger partial charge on any atom is 0.307 e. The number of hydrogen-bond acceptors (Lipinski definition) is 2. The molecule has 1 aliphatic carbocycles. The lowest BCUT2D eigenvalue weighted by atomic mass is 9.96.